The molecule has 0 unspecified atom stereocenters. The number of aromatic nitrogens is 1. The van der Waals surface area contributed by atoms with Crippen molar-refractivity contribution in [1.82, 2.24) is 4.98 Å². The van der Waals surface area contributed by atoms with Crippen LogP contribution in [0.3, 0.4) is 0 Å². The lowest BCUT2D eigenvalue weighted by molar-refractivity contribution is 0.577. The van der Waals surface area contributed by atoms with Crippen molar-refractivity contribution in [2.45, 2.75) is 25.3 Å². The van der Waals surface area contributed by atoms with Crippen LogP contribution < -0.4 is 5.73 Å². The number of nitrogens with one attached hydrogen (secondary N) is 1. The normalized spacial score (nSPS) is 21.1. The van der Waals surface area contributed by atoms with Gasteiger partial charge in [-0.3, -0.25) is 0 Å². The van der Waals surface area contributed by atoms with Crippen molar-refractivity contribution < 1.29 is 0 Å². The summed E-state index contributed by atoms with van der Waals surface area (Å²) in [4.78, 5) is 3.25. The zero-order valence-electron chi connectivity index (χ0n) is 8.09. The average molecular weight is 186 g/mol. The molecule has 2 heteroatoms. The summed E-state index contributed by atoms with van der Waals surface area (Å²) in [5.41, 5.74) is 10.1. The fourth-order valence-corrected chi connectivity index (χ4v) is 2.34. The molecule has 0 radical (unpaired) electrons. The first kappa shape index (κ1) is 8.06. The molecule has 1 aromatic carbocycles. The van der Waals surface area contributed by atoms with Gasteiger partial charge in [0.2, 0.25) is 0 Å². The zero-order chi connectivity index (χ0) is 9.54. The second-order valence-corrected chi connectivity index (χ2v) is 4.19. The summed E-state index contributed by atoms with van der Waals surface area (Å²) in [6.07, 6.45) is 5.29. The molecule has 2 aromatic rings. The van der Waals surface area contributed by atoms with Gasteiger partial charge < -0.3 is 10.7 Å². The highest BCUT2D eigenvalue weighted by Crippen LogP contribution is 2.25. The van der Waals surface area contributed by atoms with Crippen molar-refractivity contribution in [2.75, 3.05) is 0 Å². The van der Waals surface area contributed by atoms with Gasteiger partial charge in [0.1, 0.15) is 0 Å². The highest BCUT2D eigenvalue weighted by atomic mass is 14.7. The highest BCUT2D eigenvalue weighted by molar-refractivity contribution is 5.81. The van der Waals surface area contributed by atoms with Crippen LogP contribution in [0.2, 0.25) is 0 Å². The molecule has 0 fully saturated rings. The minimum atomic E-state index is 0.360. The van der Waals surface area contributed by atoms with Crippen LogP contribution >= 0.6 is 0 Å². The molecule has 1 aliphatic carbocycles. The first-order chi connectivity index (χ1) is 6.83. The molecule has 0 saturated carbocycles. The number of hydrogen-bond acceptors (Lipinski definition) is 1. The summed E-state index contributed by atoms with van der Waals surface area (Å²) in [6, 6.07) is 7.03. The van der Waals surface area contributed by atoms with E-state index in [9.17, 15) is 0 Å². The third kappa shape index (κ3) is 1.15. The number of aromatic amines is 1. The van der Waals surface area contributed by atoms with Crippen LogP contribution in [-0.4, -0.2) is 11.0 Å². The molecule has 0 amide bonds. The highest BCUT2D eigenvalue weighted by Gasteiger charge is 2.15. The van der Waals surface area contributed by atoms with Crippen molar-refractivity contribution in [1.29, 1.82) is 0 Å². The Kier molecular flexibility index (Phi) is 1.64. The van der Waals surface area contributed by atoms with E-state index in [4.69, 9.17) is 5.73 Å². The van der Waals surface area contributed by atoms with Crippen molar-refractivity contribution >= 4 is 10.9 Å². The molecule has 3 rings (SSSR count). The van der Waals surface area contributed by atoms with E-state index in [2.05, 4.69) is 23.2 Å². The quantitative estimate of drug-likeness (QED) is 0.649. The Bertz CT molecular complexity index is 470. The minimum Gasteiger partial charge on any atom is -0.361 e. The van der Waals surface area contributed by atoms with Gasteiger partial charge in [-0.25, -0.2) is 0 Å². The molecule has 2 nitrogen and oxygen atoms in total. The van der Waals surface area contributed by atoms with Crippen LogP contribution in [-0.2, 0) is 12.8 Å². The maximum absolute atomic E-state index is 5.96. The van der Waals surface area contributed by atoms with Gasteiger partial charge in [-0.1, -0.05) is 0 Å². The molecular weight excluding hydrogens is 172 g/mol. The fourth-order valence-electron chi connectivity index (χ4n) is 2.34. The summed E-state index contributed by atoms with van der Waals surface area (Å²) < 4.78 is 0. The monoisotopic (exact) mass is 186 g/mol. The molecular formula is C12H14N2. The molecule has 3 N–H and O–H groups in total. The molecule has 0 aliphatic heterocycles. The second-order valence-electron chi connectivity index (χ2n) is 4.19. The van der Waals surface area contributed by atoms with Gasteiger partial charge in [-0.2, -0.15) is 0 Å². The number of rotatable bonds is 0. The number of aryl methyl sites for hydroxylation is 1. The van der Waals surface area contributed by atoms with E-state index in [0.29, 0.717) is 6.04 Å². The molecule has 14 heavy (non-hydrogen) atoms. The summed E-state index contributed by atoms with van der Waals surface area (Å²) >= 11 is 0. The molecule has 0 saturated heterocycles. The number of nitrogens with two attached hydrogens (primary N) is 1. The number of benzene rings is 1. The molecule has 0 spiro atoms. The molecule has 1 aromatic heterocycles. The maximum Gasteiger partial charge on any atom is 0.0456 e. The number of fused-ring (bicyclic) bond motifs is 2. The van der Waals surface area contributed by atoms with E-state index in [1.54, 1.807) is 0 Å². The zero-order valence-corrected chi connectivity index (χ0v) is 8.09. The predicted octanol–water partition coefficient (Wildman–Crippen LogP) is 1.98. The first-order valence-corrected chi connectivity index (χ1v) is 5.17. The van der Waals surface area contributed by atoms with E-state index in [0.717, 1.165) is 19.3 Å². The minimum absolute atomic E-state index is 0.360. The van der Waals surface area contributed by atoms with Crippen LogP contribution in [0.25, 0.3) is 10.9 Å². The van der Waals surface area contributed by atoms with E-state index in [1.807, 2.05) is 6.20 Å². The summed E-state index contributed by atoms with van der Waals surface area (Å²) in [5.74, 6) is 0. The first-order valence-electron chi connectivity index (χ1n) is 5.17. The lowest BCUT2D eigenvalue weighted by atomic mass is 9.88. The lowest BCUT2D eigenvalue weighted by Gasteiger charge is -2.21. The molecule has 72 valence electrons. The van der Waals surface area contributed by atoms with Gasteiger partial charge in [0, 0.05) is 17.8 Å². The Balaban J connectivity index is 2.19. The fraction of sp³-hybridized carbons (Fsp3) is 0.333. The summed E-state index contributed by atoms with van der Waals surface area (Å²) in [7, 11) is 0. The van der Waals surface area contributed by atoms with Crippen LogP contribution in [0.4, 0.5) is 0 Å². The number of H-pyrrole nitrogens is 1. The van der Waals surface area contributed by atoms with E-state index in [1.165, 1.54) is 22.0 Å². The van der Waals surface area contributed by atoms with Gasteiger partial charge >= 0.3 is 0 Å². The van der Waals surface area contributed by atoms with Crippen molar-refractivity contribution in [3.05, 3.63) is 35.5 Å². The standard InChI is InChI=1S/C12H14N2/c13-11-2-1-8-7-12-9(3-4-14-12)5-10(8)6-11/h3-5,7,11,14H,1-2,6,13H2/t11-/m1/s1. The number of hydrogen-bond donors (Lipinski definition) is 2. The topological polar surface area (TPSA) is 41.8 Å². The third-order valence-corrected chi connectivity index (χ3v) is 3.14. The molecule has 1 atom stereocenters. The van der Waals surface area contributed by atoms with Crippen LogP contribution in [0.15, 0.2) is 24.4 Å². The van der Waals surface area contributed by atoms with Gasteiger partial charge in [-0.15, -0.1) is 0 Å². The molecule has 1 aliphatic rings. The average Bonchev–Trinajstić information content (AvgIpc) is 2.61. The van der Waals surface area contributed by atoms with Gasteiger partial charge in [0.25, 0.3) is 0 Å². The van der Waals surface area contributed by atoms with Crippen LogP contribution in [0, 0.1) is 0 Å². The van der Waals surface area contributed by atoms with Crippen molar-refractivity contribution in [3.8, 4) is 0 Å². The largest absolute Gasteiger partial charge is 0.361 e. The van der Waals surface area contributed by atoms with E-state index < -0.39 is 0 Å². The van der Waals surface area contributed by atoms with Crippen LogP contribution in [0.5, 0.6) is 0 Å². The van der Waals surface area contributed by atoms with Gasteiger partial charge in [0.05, 0.1) is 0 Å². The Morgan fingerprint density at radius 2 is 2.21 bits per heavy atom. The van der Waals surface area contributed by atoms with E-state index in [-0.39, 0.29) is 0 Å². The van der Waals surface area contributed by atoms with Crippen molar-refractivity contribution in [2.24, 2.45) is 5.73 Å². The Morgan fingerprint density at radius 1 is 1.29 bits per heavy atom. The van der Waals surface area contributed by atoms with Crippen molar-refractivity contribution in [3.63, 3.8) is 0 Å². The molecule has 1 heterocycles. The van der Waals surface area contributed by atoms with E-state index >= 15 is 0 Å². The summed E-state index contributed by atoms with van der Waals surface area (Å²) in [6.45, 7) is 0. The third-order valence-electron chi connectivity index (χ3n) is 3.14. The SMILES string of the molecule is N[C@@H]1CCc2cc3[nH]ccc3cc2C1. The van der Waals surface area contributed by atoms with Gasteiger partial charge in [0.15, 0.2) is 0 Å². The summed E-state index contributed by atoms with van der Waals surface area (Å²) in [5, 5.41) is 1.30. The predicted molar refractivity (Wildman–Crippen MR) is 58.3 cm³/mol. The Labute approximate surface area is 83.1 Å². The van der Waals surface area contributed by atoms with Crippen LogP contribution in [0.1, 0.15) is 17.5 Å². The van der Waals surface area contributed by atoms with Gasteiger partial charge in [-0.05, 0) is 54.0 Å². The maximum atomic E-state index is 5.96. The Morgan fingerprint density at radius 3 is 3.14 bits per heavy atom. The Hall–Kier alpha value is -1.28. The smallest absolute Gasteiger partial charge is 0.0456 e. The molecule has 0 bridgehead atoms. The second kappa shape index (κ2) is 2.85. The lowest BCUT2D eigenvalue weighted by Crippen LogP contribution is -2.27.